The second-order valence-corrected chi connectivity index (χ2v) is 6.52. The van der Waals surface area contributed by atoms with Gasteiger partial charge in [0.2, 0.25) is 0 Å². The Morgan fingerprint density at radius 3 is 2.32 bits per heavy atom. The van der Waals surface area contributed by atoms with Crippen molar-refractivity contribution in [1.82, 2.24) is 10.2 Å². The molecule has 1 fully saturated rings. The first-order valence-corrected chi connectivity index (χ1v) is 7.43. The highest BCUT2D eigenvalue weighted by Gasteiger charge is 2.28. The van der Waals surface area contributed by atoms with E-state index in [-0.39, 0.29) is 5.54 Å². The van der Waals surface area contributed by atoms with Crippen molar-refractivity contribution in [2.45, 2.75) is 46.6 Å². The minimum atomic E-state index is 0.245. The molecule has 2 heteroatoms. The molecule has 0 spiro atoms. The molecule has 0 saturated carbocycles. The van der Waals surface area contributed by atoms with Crippen molar-refractivity contribution in [3.8, 4) is 0 Å². The molecular weight excluding hydrogens is 232 g/mol. The summed E-state index contributed by atoms with van der Waals surface area (Å²) >= 11 is 0. The van der Waals surface area contributed by atoms with Crippen LogP contribution >= 0.6 is 0 Å². The fourth-order valence-electron chi connectivity index (χ4n) is 3.05. The maximum atomic E-state index is 3.44. The van der Waals surface area contributed by atoms with Gasteiger partial charge in [-0.25, -0.2) is 0 Å². The summed E-state index contributed by atoms with van der Waals surface area (Å²) in [6.07, 6.45) is 1.14. The molecule has 0 aliphatic carbocycles. The molecule has 2 nitrogen and oxygen atoms in total. The maximum Gasteiger partial charge on any atom is 0.0194 e. The summed E-state index contributed by atoms with van der Waals surface area (Å²) in [5, 5.41) is 3.44. The second-order valence-electron chi connectivity index (χ2n) is 6.52. The summed E-state index contributed by atoms with van der Waals surface area (Å²) in [4.78, 5) is 2.62. The van der Waals surface area contributed by atoms with Gasteiger partial charge in [-0.05, 0) is 63.3 Å². The van der Waals surface area contributed by atoms with Crippen molar-refractivity contribution in [3.05, 3.63) is 34.4 Å². The van der Waals surface area contributed by atoms with Crippen molar-refractivity contribution in [2.75, 3.05) is 26.2 Å². The molecule has 1 aromatic carbocycles. The Morgan fingerprint density at radius 1 is 1.05 bits per heavy atom. The molecule has 19 heavy (non-hydrogen) atoms. The Kier molecular flexibility index (Phi) is 4.32. The molecule has 106 valence electrons. The summed E-state index contributed by atoms with van der Waals surface area (Å²) in [5.41, 5.74) is 6.08. The van der Waals surface area contributed by atoms with Crippen molar-refractivity contribution in [2.24, 2.45) is 0 Å². The fourth-order valence-corrected chi connectivity index (χ4v) is 3.05. The van der Waals surface area contributed by atoms with Gasteiger partial charge in [0.25, 0.3) is 0 Å². The predicted molar refractivity (Wildman–Crippen MR) is 82.9 cm³/mol. The van der Waals surface area contributed by atoms with Crippen molar-refractivity contribution < 1.29 is 0 Å². The van der Waals surface area contributed by atoms with Gasteiger partial charge in [-0.1, -0.05) is 12.1 Å². The van der Waals surface area contributed by atoms with Crippen LogP contribution in [0.5, 0.6) is 0 Å². The summed E-state index contributed by atoms with van der Waals surface area (Å²) in [7, 11) is 0. The SMILES string of the molecule is Cc1ccc(CC(C)(C)N2CCNCC2)c(C)c1C. The van der Waals surface area contributed by atoms with Gasteiger partial charge in [-0.15, -0.1) is 0 Å². The first kappa shape index (κ1) is 14.5. The first-order chi connectivity index (χ1) is 8.92. The zero-order valence-corrected chi connectivity index (χ0v) is 13.1. The van der Waals surface area contributed by atoms with Gasteiger partial charge < -0.3 is 5.32 Å². The number of hydrogen-bond acceptors (Lipinski definition) is 2. The quantitative estimate of drug-likeness (QED) is 0.899. The lowest BCUT2D eigenvalue weighted by molar-refractivity contribution is 0.103. The molecule has 0 atom stereocenters. The van der Waals surface area contributed by atoms with Crippen LogP contribution in [0, 0.1) is 20.8 Å². The normalized spacial score (nSPS) is 17.7. The van der Waals surface area contributed by atoms with E-state index in [1.807, 2.05) is 0 Å². The molecule has 0 bridgehead atoms. The molecule has 0 amide bonds. The minimum Gasteiger partial charge on any atom is -0.314 e. The molecule has 0 radical (unpaired) electrons. The van der Waals surface area contributed by atoms with E-state index in [1.165, 1.54) is 22.3 Å². The molecule has 1 saturated heterocycles. The summed E-state index contributed by atoms with van der Waals surface area (Å²) in [6, 6.07) is 4.59. The van der Waals surface area contributed by atoms with Crippen LogP contribution in [0.1, 0.15) is 36.1 Å². The highest BCUT2D eigenvalue weighted by molar-refractivity contribution is 5.39. The monoisotopic (exact) mass is 260 g/mol. The lowest BCUT2D eigenvalue weighted by Crippen LogP contribution is -2.54. The van der Waals surface area contributed by atoms with Gasteiger partial charge in [-0.3, -0.25) is 4.90 Å². The van der Waals surface area contributed by atoms with Crippen molar-refractivity contribution >= 4 is 0 Å². The third kappa shape index (κ3) is 3.18. The standard InChI is InChI=1S/C17H28N2/c1-13-6-7-16(15(3)14(13)2)12-17(4,5)19-10-8-18-9-11-19/h6-7,18H,8-12H2,1-5H3. The third-order valence-electron chi connectivity index (χ3n) is 4.77. The molecule has 0 unspecified atom stereocenters. The number of nitrogens with zero attached hydrogens (tertiary/aromatic N) is 1. The van der Waals surface area contributed by atoms with E-state index in [0.717, 1.165) is 32.6 Å². The van der Waals surface area contributed by atoms with Crippen LogP contribution in [0.2, 0.25) is 0 Å². The molecule has 1 heterocycles. The van der Waals surface area contributed by atoms with Crippen LogP contribution in [0.15, 0.2) is 12.1 Å². The van der Waals surface area contributed by atoms with Crippen LogP contribution in [0.4, 0.5) is 0 Å². The van der Waals surface area contributed by atoms with E-state index in [0.29, 0.717) is 0 Å². The van der Waals surface area contributed by atoms with Gasteiger partial charge >= 0.3 is 0 Å². The Bertz CT molecular complexity index is 443. The Labute approximate surface area is 118 Å². The lowest BCUT2D eigenvalue weighted by Gasteiger charge is -2.41. The third-order valence-corrected chi connectivity index (χ3v) is 4.77. The van der Waals surface area contributed by atoms with Gasteiger partial charge in [0.15, 0.2) is 0 Å². The van der Waals surface area contributed by atoms with E-state index in [1.54, 1.807) is 0 Å². The number of piperazine rings is 1. The summed E-state index contributed by atoms with van der Waals surface area (Å²) in [6.45, 7) is 16.0. The Morgan fingerprint density at radius 2 is 1.68 bits per heavy atom. The van der Waals surface area contributed by atoms with E-state index >= 15 is 0 Å². The number of nitrogens with one attached hydrogen (secondary N) is 1. The van der Waals surface area contributed by atoms with Crippen molar-refractivity contribution in [3.63, 3.8) is 0 Å². The number of rotatable bonds is 3. The fraction of sp³-hybridized carbons (Fsp3) is 0.647. The molecule has 1 aromatic rings. The zero-order valence-electron chi connectivity index (χ0n) is 13.1. The first-order valence-electron chi connectivity index (χ1n) is 7.43. The summed E-state index contributed by atoms with van der Waals surface area (Å²) in [5.74, 6) is 0. The van der Waals surface area contributed by atoms with Crippen LogP contribution in [-0.2, 0) is 6.42 Å². The Balaban J connectivity index is 2.17. The lowest BCUT2D eigenvalue weighted by atomic mass is 9.88. The number of benzene rings is 1. The maximum absolute atomic E-state index is 3.44. The molecule has 2 rings (SSSR count). The summed E-state index contributed by atoms with van der Waals surface area (Å²) < 4.78 is 0. The smallest absolute Gasteiger partial charge is 0.0194 e. The van der Waals surface area contributed by atoms with Crippen molar-refractivity contribution in [1.29, 1.82) is 0 Å². The molecule has 1 N–H and O–H groups in total. The van der Waals surface area contributed by atoms with Gasteiger partial charge in [0.1, 0.15) is 0 Å². The predicted octanol–water partition coefficient (Wildman–Crippen LogP) is 2.84. The van der Waals surface area contributed by atoms with E-state index in [4.69, 9.17) is 0 Å². The molecule has 1 aliphatic heterocycles. The van der Waals surface area contributed by atoms with E-state index in [2.05, 4.69) is 57.0 Å². The minimum absolute atomic E-state index is 0.245. The van der Waals surface area contributed by atoms with Crippen LogP contribution in [0.3, 0.4) is 0 Å². The molecule has 0 aromatic heterocycles. The topological polar surface area (TPSA) is 15.3 Å². The van der Waals surface area contributed by atoms with Gasteiger partial charge in [-0.2, -0.15) is 0 Å². The highest BCUT2D eigenvalue weighted by Crippen LogP contribution is 2.25. The largest absolute Gasteiger partial charge is 0.314 e. The van der Waals surface area contributed by atoms with Gasteiger partial charge in [0, 0.05) is 31.7 Å². The van der Waals surface area contributed by atoms with Crippen LogP contribution in [0.25, 0.3) is 0 Å². The molecule has 1 aliphatic rings. The molecular formula is C17H28N2. The number of hydrogen-bond donors (Lipinski definition) is 1. The second kappa shape index (κ2) is 5.64. The van der Waals surface area contributed by atoms with Crippen LogP contribution < -0.4 is 5.32 Å². The average Bonchev–Trinajstić information content (AvgIpc) is 2.40. The van der Waals surface area contributed by atoms with E-state index in [9.17, 15) is 0 Å². The highest BCUT2D eigenvalue weighted by atomic mass is 15.2. The number of aryl methyl sites for hydroxylation is 1. The van der Waals surface area contributed by atoms with E-state index < -0.39 is 0 Å². The average molecular weight is 260 g/mol. The zero-order chi connectivity index (χ0) is 14.0. The Hall–Kier alpha value is -0.860. The van der Waals surface area contributed by atoms with Gasteiger partial charge in [0.05, 0.1) is 0 Å². The van der Waals surface area contributed by atoms with Crippen LogP contribution in [-0.4, -0.2) is 36.6 Å².